The Balaban J connectivity index is 1.10. The molecule has 2 nitrogen and oxygen atoms in total. The molecule has 390 valence electrons. The molecule has 0 fully saturated rings. The fourth-order valence-corrected chi connectivity index (χ4v) is 18.0. The molecule has 0 saturated heterocycles. The minimum absolute atomic E-state index is 0.0104. The number of thiophene rings is 2. The zero-order valence-corrected chi connectivity index (χ0v) is 49.9. The Hall–Kier alpha value is -6.14. The molecule has 4 heterocycles. The Morgan fingerprint density at radius 2 is 0.910 bits per heavy atom. The maximum Gasteiger partial charge on any atom is 0.264 e. The third kappa shape index (κ3) is 6.92. The van der Waals surface area contributed by atoms with Crippen LogP contribution >= 0.6 is 22.7 Å². The summed E-state index contributed by atoms with van der Waals surface area (Å²) in [5.74, 6) is 0. The number of rotatable bonds is 3. The molecule has 0 spiro atoms. The van der Waals surface area contributed by atoms with Crippen LogP contribution < -0.4 is 25.5 Å². The van der Waals surface area contributed by atoms with Gasteiger partial charge in [0.2, 0.25) is 0 Å². The predicted molar refractivity (Wildman–Crippen MR) is 342 cm³/mol. The van der Waals surface area contributed by atoms with Gasteiger partial charge in [-0.15, -0.1) is 22.7 Å². The molecular formula is C73H73BN2S2. The lowest BCUT2D eigenvalue weighted by Gasteiger charge is -2.46. The lowest BCUT2D eigenvalue weighted by atomic mass is 9.36. The molecule has 8 aromatic carbocycles. The van der Waals surface area contributed by atoms with Crippen molar-refractivity contribution in [2.45, 2.75) is 161 Å². The van der Waals surface area contributed by atoms with E-state index in [2.05, 4.69) is 245 Å². The summed E-state index contributed by atoms with van der Waals surface area (Å²) in [5.41, 5.74) is 23.9. The molecule has 0 N–H and O–H groups in total. The van der Waals surface area contributed by atoms with Gasteiger partial charge in [-0.05, 0) is 217 Å². The summed E-state index contributed by atoms with van der Waals surface area (Å²) in [4.78, 5) is 5.53. The van der Waals surface area contributed by atoms with Crippen LogP contribution in [-0.4, -0.2) is 6.71 Å². The molecule has 0 unspecified atom stereocenters. The van der Waals surface area contributed by atoms with Gasteiger partial charge < -0.3 is 9.80 Å². The highest BCUT2D eigenvalue weighted by Crippen LogP contribution is 2.57. The zero-order valence-electron chi connectivity index (χ0n) is 48.2. The summed E-state index contributed by atoms with van der Waals surface area (Å²) in [6.45, 7) is 32.2. The molecule has 0 atom stereocenters. The van der Waals surface area contributed by atoms with Gasteiger partial charge in [0.05, 0.1) is 11.4 Å². The van der Waals surface area contributed by atoms with Crippen LogP contribution in [0.25, 0.3) is 52.2 Å². The van der Waals surface area contributed by atoms with E-state index in [0.717, 1.165) is 6.42 Å². The van der Waals surface area contributed by atoms with Crippen LogP contribution in [0.5, 0.6) is 0 Å². The Labute approximate surface area is 471 Å². The molecule has 5 heteroatoms. The van der Waals surface area contributed by atoms with Crippen LogP contribution in [0.1, 0.15) is 161 Å². The van der Waals surface area contributed by atoms with Crippen molar-refractivity contribution in [1.82, 2.24) is 0 Å². The van der Waals surface area contributed by atoms with E-state index in [-0.39, 0.29) is 39.2 Å². The average molecular weight is 1050 g/mol. The van der Waals surface area contributed by atoms with Gasteiger partial charge in [-0.3, -0.25) is 0 Å². The van der Waals surface area contributed by atoms with Gasteiger partial charge in [0.25, 0.3) is 6.71 Å². The van der Waals surface area contributed by atoms with Gasteiger partial charge in [0, 0.05) is 63.3 Å². The van der Waals surface area contributed by atoms with Crippen molar-refractivity contribution in [3.05, 3.63) is 172 Å². The monoisotopic (exact) mass is 1050 g/mol. The molecule has 10 aromatic rings. The molecule has 0 radical (unpaired) electrons. The molecule has 3 aliphatic carbocycles. The molecule has 0 saturated carbocycles. The normalized spacial score (nSPS) is 19.6. The lowest BCUT2D eigenvalue weighted by molar-refractivity contribution is 0.332. The lowest BCUT2D eigenvalue weighted by Crippen LogP contribution is -2.60. The second kappa shape index (κ2) is 16.0. The van der Waals surface area contributed by atoms with Gasteiger partial charge >= 0.3 is 0 Å². The van der Waals surface area contributed by atoms with Crippen molar-refractivity contribution in [3.8, 4) is 11.1 Å². The van der Waals surface area contributed by atoms with E-state index in [0.29, 0.717) is 0 Å². The van der Waals surface area contributed by atoms with Gasteiger partial charge in [-0.1, -0.05) is 144 Å². The first-order valence-electron chi connectivity index (χ1n) is 29.1. The highest BCUT2D eigenvalue weighted by Gasteiger charge is 2.49. The average Bonchev–Trinajstić information content (AvgIpc) is 4.06. The number of benzene rings is 8. The van der Waals surface area contributed by atoms with E-state index in [1.165, 1.54) is 173 Å². The molecule has 15 rings (SSSR count). The summed E-state index contributed by atoms with van der Waals surface area (Å²) in [6.07, 6.45) is 7.07. The third-order valence-electron chi connectivity index (χ3n) is 20.6. The van der Waals surface area contributed by atoms with Crippen molar-refractivity contribution < 1.29 is 0 Å². The largest absolute Gasteiger partial charge is 0.311 e. The van der Waals surface area contributed by atoms with Crippen molar-refractivity contribution in [2.24, 2.45) is 0 Å². The summed E-state index contributed by atoms with van der Waals surface area (Å²) in [5, 5.41) is 6.67. The molecule has 78 heavy (non-hydrogen) atoms. The first-order valence-corrected chi connectivity index (χ1v) is 30.8. The quantitative estimate of drug-likeness (QED) is 0.163. The van der Waals surface area contributed by atoms with Crippen molar-refractivity contribution in [1.29, 1.82) is 0 Å². The summed E-state index contributed by atoms with van der Waals surface area (Å²) in [6, 6.07) is 53.8. The molecular weight excluding hydrogens is 980 g/mol. The van der Waals surface area contributed by atoms with E-state index in [9.17, 15) is 0 Å². The minimum Gasteiger partial charge on any atom is -0.311 e. The zero-order chi connectivity index (χ0) is 54.0. The summed E-state index contributed by atoms with van der Waals surface area (Å²) < 4.78 is 5.57. The minimum atomic E-state index is 0.0104. The first kappa shape index (κ1) is 48.9. The van der Waals surface area contributed by atoms with Crippen LogP contribution in [0, 0.1) is 6.92 Å². The summed E-state index contributed by atoms with van der Waals surface area (Å²) >= 11 is 4.05. The van der Waals surface area contributed by atoms with Crippen LogP contribution in [0.15, 0.2) is 133 Å². The molecule has 0 bridgehead atoms. The van der Waals surface area contributed by atoms with Crippen molar-refractivity contribution >= 4 is 120 Å². The van der Waals surface area contributed by atoms with E-state index in [1.807, 2.05) is 11.3 Å². The summed E-state index contributed by atoms with van der Waals surface area (Å²) in [7, 11) is 0. The third-order valence-corrected chi connectivity index (χ3v) is 22.9. The molecule has 5 aliphatic rings. The Morgan fingerprint density at radius 3 is 1.56 bits per heavy atom. The first-order chi connectivity index (χ1) is 37.0. The maximum absolute atomic E-state index is 2.77. The molecule has 0 amide bonds. The standard InChI is InChI=1S/C73H73BN2S2/c1-42-31-60-65-61(32-42)76(58-39-55-53(70(6,7)27-29-72(55,10)11)36-47(58)43-19-15-14-16-20-43)59-38-49-48-33-44-21-17-18-22-45(44)34-62(48)77-64(49)41-57(59)74(65)67-66(50-37-54-56(40-63(50)78-67)73(12,13)30-28-71(54,8)9)75(60)46-23-24-51-52(35-46)69(4,5)26-25-68(51,2)3/h14-24,31-41H,25-30H2,1-13H3. The highest BCUT2D eigenvalue weighted by atomic mass is 32.1. The second-order valence-corrected chi connectivity index (χ2v) is 30.7. The van der Waals surface area contributed by atoms with Crippen molar-refractivity contribution in [2.75, 3.05) is 9.80 Å². The fourth-order valence-electron chi connectivity index (χ4n) is 15.5. The van der Waals surface area contributed by atoms with Crippen molar-refractivity contribution in [3.63, 3.8) is 0 Å². The fraction of sp³-hybridized carbons (Fsp3) is 0.342. The topological polar surface area (TPSA) is 6.48 Å². The van der Waals surface area contributed by atoms with Gasteiger partial charge in [-0.2, -0.15) is 0 Å². The van der Waals surface area contributed by atoms with E-state index in [1.54, 1.807) is 0 Å². The van der Waals surface area contributed by atoms with E-state index in [4.69, 9.17) is 0 Å². The number of hydrogen-bond donors (Lipinski definition) is 0. The van der Waals surface area contributed by atoms with Gasteiger partial charge in [0.1, 0.15) is 0 Å². The number of hydrogen-bond acceptors (Lipinski definition) is 4. The van der Waals surface area contributed by atoms with Crippen LogP contribution in [0.3, 0.4) is 0 Å². The Bertz CT molecular complexity index is 4250. The van der Waals surface area contributed by atoms with Crippen LogP contribution in [0.4, 0.5) is 34.1 Å². The van der Waals surface area contributed by atoms with E-state index < -0.39 is 0 Å². The number of anilines is 6. The highest BCUT2D eigenvalue weighted by molar-refractivity contribution is 7.34. The maximum atomic E-state index is 2.77. The Morgan fingerprint density at radius 1 is 0.397 bits per heavy atom. The second-order valence-electron chi connectivity index (χ2n) is 28.5. The van der Waals surface area contributed by atoms with Gasteiger partial charge in [0.15, 0.2) is 0 Å². The number of fused-ring (bicyclic) bond motifs is 13. The van der Waals surface area contributed by atoms with Crippen LogP contribution in [0.2, 0.25) is 0 Å². The molecule has 2 aromatic heterocycles. The smallest absolute Gasteiger partial charge is 0.264 e. The van der Waals surface area contributed by atoms with Crippen LogP contribution in [-0.2, 0) is 32.5 Å². The number of aryl methyl sites for hydroxylation is 1. The van der Waals surface area contributed by atoms with E-state index >= 15 is 0 Å². The SMILES string of the molecule is Cc1cc2c3c(c1)N(c1ccc4c(c1)C(C)(C)CCC4(C)C)c1c(sc4cc5c(cc14)C(C)(C)CCC5(C)C)B3c1cc3sc4cc5ccccc5cc4c3cc1N2c1cc2c(cc1-c1ccccc1)C(C)(C)CCC2(C)C. The predicted octanol–water partition coefficient (Wildman–Crippen LogP) is 19.5. The number of nitrogens with zero attached hydrogens (tertiary/aromatic N) is 2. The molecule has 2 aliphatic heterocycles. The van der Waals surface area contributed by atoms with Gasteiger partial charge in [-0.25, -0.2) is 0 Å². The Kier molecular flexibility index (Phi) is 10.1.